The van der Waals surface area contributed by atoms with Crippen molar-refractivity contribution in [1.29, 1.82) is 0 Å². The number of hydrogen-bond donors (Lipinski definition) is 2. The lowest BCUT2D eigenvalue weighted by Gasteiger charge is -2.34. The molecule has 1 atom stereocenters. The van der Waals surface area contributed by atoms with Crippen LogP contribution in [-0.2, 0) is 4.79 Å². The van der Waals surface area contributed by atoms with Crippen LogP contribution in [-0.4, -0.2) is 52.6 Å². The predicted molar refractivity (Wildman–Crippen MR) is 71.5 cm³/mol. The number of carbonyl (C=O) groups is 2. The van der Waals surface area contributed by atoms with Gasteiger partial charge in [0.1, 0.15) is 0 Å². The molecule has 1 aliphatic heterocycles. The Bertz CT molecular complexity index is 325. The summed E-state index contributed by atoms with van der Waals surface area (Å²) in [5.41, 5.74) is 0. The van der Waals surface area contributed by atoms with Gasteiger partial charge in [-0.05, 0) is 0 Å². The van der Waals surface area contributed by atoms with Crippen LogP contribution >= 0.6 is 27.7 Å². The first kappa shape index (κ1) is 14.4. The average Bonchev–Trinajstić information content (AvgIpc) is 2.25. The maximum atomic E-state index is 11.8. The van der Waals surface area contributed by atoms with E-state index in [-0.39, 0.29) is 18.5 Å². The summed E-state index contributed by atoms with van der Waals surface area (Å²) in [6, 6.07) is -0.452. The third-order valence-corrected chi connectivity index (χ3v) is 3.70. The van der Waals surface area contributed by atoms with Gasteiger partial charge >= 0.3 is 12.0 Å². The van der Waals surface area contributed by atoms with Crippen molar-refractivity contribution >= 4 is 39.7 Å². The number of thioether (sulfide) groups is 1. The van der Waals surface area contributed by atoms with E-state index in [2.05, 4.69) is 27.8 Å². The highest BCUT2D eigenvalue weighted by Crippen LogP contribution is 2.19. The molecule has 1 unspecified atom stereocenters. The Morgan fingerprint density at radius 3 is 2.88 bits per heavy atom. The zero-order valence-corrected chi connectivity index (χ0v) is 11.7. The Hall–Kier alpha value is -0.690. The number of rotatable bonds is 4. The van der Waals surface area contributed by atoms with Crippen LogP contribution in [0, 0.1) is 0 Å². The second-order valence-electron chi connectivity index (χ2n) is 3.70. The predicted octanol–water partition coefficient (Wildman–Crippen LogP) is 1.50. The van der Waals surface area contributed by atoms with Crippen molar-refractivity contribution in [2.24, 2.45) is 0 Å². The van der Waals surface area contributed by atoms with Crippen molar-refractivity contribution in [2.45, 2.75) is 12.5 Å². The van der Waals surface area contributed by atoms with E-state index in [1.165, 1.54) is 0 Å². The van der Waals surface area contributed by atoms with Gasteiger partial charge in [0.25, 0.3) is 0 Å². The van der Waals surface area contributed by atoms with E-state index in [1.54, 1.807) is 16.7 Å². The van der Waals surface area contributed by atoms with Crippen molar-refractivity contribution in [3.05, 3.63) is 11.1 Å². The van der Waals surface area contributed by atoms with Crippen LogP contribution in [0.4, 0.5) is 4.79 Å². The number of urea groups is 1. The van der Waals surface area contributed by atoms with Gasteiger partial charge in [-0.1, -0.05) is 22.5 Å². The lowest BCUT2D eigenvalue weighted by Crippen LogP contribution is -2.51. The van der Waals surface area contributed by atoms with E-state index < -0.39 is 5.97 Å². The summed E-state index contributed by atoms with van der Waals surface area (Å²) in [7, 11) is 0. The number of carboxylic acids is 1. The van der Waals surface area contributed by atoms with Gasteiger partial charge in [0.05, 0.1) is 19.0 Å². The fourth-order valence-electron chi connectivity index (χ4n) is 1.57. The maximum absolute atomic E-state index is 11.8. The maximum Gasteiger partial charge on any atom is 0.318 e. The van der Waals surface area contributed by atoms with Gasteiger partial charge in [0.15, 0.2) is 0 Å². The summed E-state index contributed by atoms with van der Waals surface area (Å²) in [6.45, 7) is 4.56. The number of carboxylic acid groups (broad SMARTS) is 1. The molecule has 1 rings (SSSR count). The van der Waals surface area contributed by atoms with E-state index in [0.717, 1.165) is 5.75 Å². The Balaban J connectivity index is 2.54. The van der Waals surface area contributed by atoms with Gasteiger partial charge < -0.3 is 15.3 Å². The first-order valence-corrected chi connectivity index (χ1v) is 7.12. The van der Waals surface area contributed by atoms with Crippen LogP contribution in [0.15, 0.2) is 11.1 Å². The standard InChI is InChI=1S/C10H15BrN2O3S/c1-7(11)5-12-10(16)13-2-3-17-6-8(13)4-9(14)15/h8H,1-6H2,(H,12,16)(H,14,15). The molecule has 96 valence electrons. The van der Waals surface area contributed by atoms with E-state index >= 15 is 0 Å². The molecule has 0 radical (unpaired) electrons. The Morgan fingerprint density at radius 1 is 1.59 bits per heavy atom. The van der Waals surface area contributed by atoms with E-state index in [9.17, 15) is 9.59 Å². The fourth-order valence-corrected chi connectivity index (χ4v) is 2.77. The molecule has 0 bridgehead atoms. The van der Waals surface area contributed by atoms with E-state index in [4.69, 9.17) is 5.11 Å². The van der Waals surface area contributed by atoms with Gasteiger partial charge in [-0.15, -0.1) is 0 Å². The van der Waals surface area contributed by atoms with E-state index in [1.807, 2.05) is 0 Å². The molecule has 2 N–H and O–H groups in total. The molecule has 1 saturated heterocycles. The molecule has 0 aromatic carbocycles. The smallest absolute Gasteiger partial charge is 0.318 e. The van der Waals surface area contributed by atoms with Gasteiger partial charge in [-0.2, -0.15) is 11.8 Å². The Labute approximate surface area is 113 Å². The summed E-state index contributed by atoms with van der Waals surface area (Å²) < 4.78 is 0.687. The molecule has 0 aliphatic carbocycles. The number of halogens is 1. The highest BCUT2D eigenvalue weighted by molar-refractivity contribution is 9.11. The lowest BCUT2D eigenvalue weighted by molar-refractivity contribution is -0.137. The molecule has 1 aliphatic rings. The van der Waals surface area contributed by atoms with Gasteiger partial charge in [-0.25, -0.2) is 4.79 Å². The van der Waals surface area contributed by atoms with Crippen LogP contribution in [0.5, 0.6) is 0 Å². The normalized spacial score (nSPS) is 19.8. The molecule has 0 aromatic rings. The minimum atomic E-state index is -0.875. The molecule has 7 heteroatoms. The van der Waals surface area contributed by atoms with Crippen molar-refractivity contribution < 1.29 is 14.7 Å². The molecule has 17 heavy (non-hydrogen) atoms. The summed E-state index contributed by atoms with van der Waals surface area (Å²) in [5.74, 6) is 0.647. The molecule has 1 heterocycles. The second kappa shape index (κ2) is 6.90. The minimum absolute atomic E-state index is 0.00429. The van der Waals surface area contributed by atoms with Crippen LogP contribution in [0.3, 0.4) is 0 Å². The minimum Gasteiger partial charge on any atom is -0.481 e. The summed E-state index contributed by atoms with van der Waals surface area (Å²) in [6.07, 6.45) is -0.00429. The molecule has 0 saturated carbocycles. The highest BCUT2D eigenvalue weighted by atomic mass is 79.9. The number of nitrogens with zero attached hydrogens (tertiary/aromatic N) is 1. The summed E-state index contributed by atoms with van der Waals surface area (Å²) in [5, 5.41) is 11.5. The zero-order chi connectivity index (χ0) is 12.8. The molecule has 2 amide bonds. The quantitative estimate of drug-likeness (QED) is 0.823. The topological polar surface area (TPSA) is 69.6 Å². The van der Waals surface area contributed by atoms with Gasteiger partial charge in [0, 0.05) is 22.5 Å². The molecular formula is C10H15BrN2O3S. The van der Waals surface area contributed by atoms with E-state index in [0.29, 0.717) is 23.3 Å². The zero-order valence-electron chi connectivity index (χ0n) is 9.32. The summed E-state index contributed by atoms with van der Waals surface area (Å²) >= 11 is 4.84. The molecule has 0 spiro atoms. The average molecular weight is 323 g/mol. The summed E-state index contributed by atoms with van der Waals surface area (Å²) in [4.78, 5) is 24.2. The Kier molecular flexibility index (Phi) is 5.84. The second-order valence-corrected chi connectivity index (χ2v) is 5.97. The van der Waals surface area contributed by atoms with Gasteiger partial charge in [0.2, 0.25) is 0 Å². The number of carbonyl (C=O) groups excluding carboxylic acids is 1. The van der Waals surface area contributed by atoms with Crippen molar-refractivity contribution in [2.75, 3.05) is 24.6 Å². The van der Waals surface area contributed by atoms with Crippen LogP contribution in [0.2, 0.25) is 0 Å². The highest BCUT2D eigenvalue weighted by Gasteiger charge is 2.28. The van der Waals surface area contributed by atoms with Crippen molar-refractivity contribution in [3.63, 3.8) is 0 Å². The first-order chi connectivity index (χ1) is 8.00. The number of hydrogen-bond acceptors (Lipinski definition) is 3. The largest absolute Gasteiger partial charge is 0.481 e. The SMILES string of the molecule is C=C(Br)CNC(=O)N1CCSCC1CC(=O)O. The van der Waals surface area contributed by atoms with Crippen LogP contribution in [0.1, 0.15) is 6.42 Å². The van der Waals surface area contributed by atoms with Crippen molar-refractivity contribution in [1.82, 2.24) is 10.2 Å². The van der Waals surface area contributed by atoms with Gasteiger partial charge in [-0.3, -0.25) is 4.79 Å². The fraction of sp³-hybridized carbons (Fsp3) is 0.600. The molecule has 1 fully saturated rings. The number of amides is 2. The van der Waals surface area contributed by atoms with Crippen molar-refractivity contribution in [3.8, 4) is 0 Å². The molecule has 0 aromatic heterocycles. The van der Waals surface area contributed by atoms with Crippen LogP contribution < -0.4 is 5.32 Å². The third kappa shape index (κ3) is 4.99. The Morgan fingerprint density at radius 2 is 2.29 bits per heavy atom. The van der Waals surface area contributed by atoms with Crippen LogP contribution in [0.25, 0.3) is 0 Å². The lowest BCUT2D eigenvalue weighted by atomic mass is 10.2. The molecule has 5 nitrogen and oxygen atoms in total. The first-order valence-electron chi connectivity index (χ1n) is 5.18. The number of nitrogens with one attached hydrogen (secondary N) is 1. The third-order valence-electron chi connectivity index (χ3n) is 2.33. The number of aliphatic carboxylic acids is 1. The molecular weight excluding hydrogens is 308 g/mol. The monoisotopic (exact) mass is 322 g/mol.